The van der Waals surface area contributed by atoms with Crippen LogP contribution in [-0.4, -0.2) is 44.0 Å². The molecule has 0 aromatic rings. The minimum absolute atomic E-state index is 0.325. The molecule has 0 bridgehead atoms. The topological polar surface area (TPSA) is 46.2 Å². The molecule has 0 heterocycles. The fourth-order valence-electron chi connectivity index (χ4n) is 2.49. The molecule has 0 amide bonds. The van der Waals surface area contributed by atoms with Gasteiger partial charge in [-0.15, -0.1) is 0 Å². The maximum absolute atomic E-state index is 11.2. The van der Waals surface area contributed by atoms with Crippen LogP contribution in [0.15, 0.2) is 0 Å². The van der Waals surface area contributed by atoms with E-state index in [1.807, 2.05) is 0 Å². The van der Waals surface area contributed by atoms with Crippen molar-refractivity contribution in [3.63, 3.8) is 0 Å². The summed E-state index contributed by atoms with van der Waals surface area (Å²) in [6.45, 7) is 3.21. The van der Waals surface area contributed by atoms with Crippen LogP contribution in [0.4, 0.5) is 0 Å². The van der Waals surface area contributed by atoms with Crippen LogP contribution in [-0.2, 0) is 9.84 Å². The highest BCUT2D eigenvalue weighted by Crippen LogP contribution is 2.30. The van der Waals surface area contributed by atoms with Gasteiger partial charge in [-0.1, -0.05) is 19.8 Å². The molecule has 0 aliphatic heterocycles. The van der Waals surface area contributed by atoms with Crippen molar-refractivity contribution >= 4 is 21.6 Å². The second-order valence-electron chi connectivity index (χ2n) is 5.66. The first-order chi connectivity index (χ1) is 9.01. The number of hydrogen-bond acceptors (Lipinski definition) is 4. The zero-order chi connectivity index (χ0) is 14.1. The first-order valence-corrected chi connectivity index (χ1v) is 10.6. The van der Waals surface area contributed by atoms with Crippen molar-refractivity contribution in [2.45, 2.75) is 63.2 Å². The van der Waals surface area contributed by atoms with Gasteiger partial charge in [-0.25, -0.2) is 8.42 Å². The minimum atomic E-state index is -2.81. The molecule has 0 saturated heterocycles. The van der Waals surface area contributed by atoms with Crippen molar-refractivity contribution in [3.8, 4) is 0 Å². The molecule has 1 rings (SSSR count). The van der Waals surface area contributed by atoms with Crippen LogP contribution in [0.2, 0.25) is 0 Å². The van der Waals surface area contributed by atoms with E-state index in [1.165, 1.54) is 31.9 Å². The van der Waals surface area contributed by atoms with Crippen molar-refractivity contribution < 1.29 is 8.42 Å². The molecule has 1 N–H and O–H groups in total. The molecule has 1 aliphatic carbocycles. The molecule has 0 radical (unpaired) electrons. The number of thioether (sulfide) groups is 1. The van der Waals surface area contributed by atoms with E-state index in [-0.39, 0.29) is 0 Å². The highest BCUT2D eigenvalue weighted by molar-refractivity contribution is 7.99. The van der Waals surface area contributed by atoms with Crippen molar-refractivity contribution in [3.05, 3.63) is 0 Å². The highest BCUT2D eigenvalue weighted by Gasteiger charge is 2.18. The third-order valence-corrected chi connectivity index (χ3v) is 6.15. The summed E-state index contributed by atoms with van der Waals surface area (Å²) in [6.07, 6.45) is 9.74. The van der Waals surface area contributed by atoms with Crippen molar-refractivity contribution in [1.82, 2.24) is 5.32 Å². The van der Waals surface area contributed by atoms with Crippen LogP contribution < -0.4 is 5.32 Å². The summed E-state index contributed by atoms with van der Waals surface area (Å²) in [6, 6.07) is 0.479. The average Bonchev–Trinajstić information content (AvgIpc) is 2.83. The Bertz CT molecular complexity index is 324. The number of rotatable bonds is 10. The summed E-state index contributed by atoms with van der Waals surface area (Å²) >= 11 is 2.09. The minimum Gasteiger partial charge on any atom is -0.313 e. The average molecular weight is 308 g/mol. The molecule has 0 aromatic carbocycles. The molecular weight excluding hydrogens is 278 g/mol. The van der Waals surface area contributed by atoms with Gasteiger partial charge in [-0.3, -0.25) is 0 Å². The maximum Gasteiger partial charge on any atom is 0.147 e. The second kappa shape index (κ2) is 9.24. The van der Waals surface area contributed by atoms with Crippen LogP contribution in [0.25, 0.3) is 0 Å². The third kappa shape index (κ3) is 8.92. The van der Waals surface area contributed by atoms with Gasteiger partial charge in [-0.05, 0) is 38.6 Å². The number of nitrogens with one attached hydrogen (secondary N) is 1. The first kappa shape index (κ1) is 17.3. The van der Waals surface area contributed by atoms with Crippen LogP contribution in [0, 0.1) is 0 Å². The molecule has 5 heteroatoms. The number of sulfone groups is 1. The Labute approximate surface area is 123 Å². The summed E-state index contributed by atoms with van der Waals surface area (Å²) in [4.78, 5) is 0. The van der Waals surface area contributed by atoms with E-state index >= 15 is 0 Å². The molecule has 1 fully saturated rings. The normalized spacial score (nSPS) is 18.8. The van der Waals surface area contributed by atoms with Crippen molar-refractivity contribution in [2.24, 2.45) is 0 Å². The van der Waals surface area contributed by atoms with Gasteiger partial charge in [0.15, 0.2) is 0 Å². The van der Waals surface area contributed by atoms with E-state index in [9.17, 15) is 8.42 Å². The Kier molecular flexibility index (Phi) is 8.42. The van der Waals surface area contributed by atoms with E-state index in [0.29, 0.717) is 11.8 Å². The molecule has 0 aromatic heterocycles. The molecule has 3 nitrogen and oxygen atoms in total. The van der Waals surface area contributed by atoms with Gasteiger partial charge in [0.25, 0.3) is 0 Å². The monoisotopic (exact) mass is 307 g/mol. The summed E-state index contributed by atoms with van der Waals surface area (Å²) in [7, 11) is -2.81. The van der Waals surface area contributed by atoms with E-state index in [4.69, 9.17) is 0 Å². The van der Waals surface area contributed by atoms with Gasteiger partial charge < -0.3 is 5.32 Å². The lowest BCUT2D eigenvalue weighted by Gasteiger charge is -2.20. The third-order valence-electron chi connectivity index (χ3n) is 3.59. The van der Waals surface area contributed by atoms with E-state index in [2.05, 4.69) is 24.0 Å². The lowest BCUT2D eigenvalue weighted by atomic mass is 10.2. The van der Waals surface area contributed by atoms with Crippen LogP contribution in [0.5, 0.6) is 0 Å². The highest BCUT2D eigenvalue weighted by atomic mass is 32.2. The Morgan fingerprint density at radius 3 is 2.58 bits per heavy atom. The molecule has 114 valence electrons. The standard InChI is InChI=1S/C14H29NO2S2/c1-3-10-15-13(7-6-11-19(2,16)17)12-18-14-8-4-5-9-14/h13-15H,3-12H2,1-2H3. The van der Waals surface area contributed by atoms with Gasteiger partial charge in [-0.2, -0.15) is 11.8 Å². The van der Waals surface area contributed by atoms with Crippen molar-refractivity contribution in [1.29, 1.82) is 0 Å². The molecule has 0 spiro atoms. The SMILES string of the molecule is CCCNC(CCCS(C)(=O)=O)CSC1CCCC1. The molecule has 1 aliphatic rings. The Morgan fingerprint density at radius 1 is 1.32 bits per heavy atom. The Morgan fingerprint density at radius 2 is 2.00 bits per heavy atom. The van der Waals surface area contributed by atoms with Gasteiger partial charge in [0.2, 0.25) is 0 Å². The van der Waals surface area contributed by atoms with E-state index in [0.717, 1.165) is 36.8 Å². The Hall–Kier alpha value is 0.260. The molecule has 1 saturated carbocycles. The predicted molar refractivity (Wildman–Crippen MR) is 85.7 cm³/mol. The lowest BCUT2D eigenvalue weighted by molar-refractivity contribution is 0.512. The van der Waals surface area contributed by atoms with Gasteiger partial charge in [0.1, 0.15) is 9.84 Å². The van der Waals surface area contributed by atoms with Gasteiger partial charge in [0.05, 0.1) is 0 Å². The van der Waals surface area contributed by atoms with E-state index < -0.39 is 9.84 Å². The molecule has 1 unspecified atom stereocenters. The largest absolute Gasteiger partial charge is 0.313 e. The predicted octanol–water partition coefficient (Wildman–Crippen LogP) is 2.86. The second-order valence-corrected chi connectivity index (χ2v) is 9.26. The number of hydrogen-bond donors (Lipinski definition) is 1. The Balaban J connectivity index is 2.24. The zero-order valence-corrected chi connectivity index (χ0v) is 14.0. The lowest BCUT2D eigenvalue weighted by Crippen LogP contribution is -2.33. The summed E-state index contributed by atoms with van der Waals surface area (Å²) in [5, 5.41) is 4.41. The van der Waals surface area contributed by atoms with Crippen molar-refractivity contribution in [2.75, 3.05) is 24.3 Å². The summed E-state index contributed by atoms with van der Waals surface area (Å²) in [5.41, 5.74) is 0. The van der Waals surface area contributed by atoms with Gasteiger partial charge in [0, 0.05) is 29.1 Å². The first-order valence-electron chi connectivity index (χ1n) is 7.54. The quantitative estimate of drug-likeness (QED) is 0.674. The summed E-state index contributed by atoms with van der Waals surface area (Å²) in [5.74, 6) is 1.46. The smallest absolute Gasteiger partial charge is 0.147 e. The van der Waals surface area contributed by atoms with Crippen LogP contribution >= 0.6 is 11.8 Å². The van der Waals surface area contributed by atoms with E-state index in [1.54, 1.807) is 0 Å². The fraction of sp³-hybridized carbons (Fsp3) is 1.00. The van der Waals surface area contributed by atoms with Gasteiger partial charge >= 0.3 is 0 Å². The molecular formula is C14H29NO2S2. The summed E-state index contributed by atoms with van der Waals surface area (Å²) < 4.78 is 22.3. The fourth-order valence-corrected chi connectivity index (χ4v) is 4.64. The van der Waals surface area contributed by atoms with Crippen LogP contribution in [0.3, 0.4) is 0 Å². The van der Waals surface area contributed by atoms with Crippen LogP contribution in [0.1, 0.15) is 51.9 Å². The molecule has 19 heavy (non-hydrogen) atoms. The maximum atomic E-state index is 11.2. The molecule has 1 atom stereocenters. The zero-order valence-electron chi connectivity index (χ0n) is 12.4.